The van der Waals surface area contributed by atoms with Crippen molar-refractivity contribution in [3.63, 3.8) is 0 Å². The summed E-state index contributed by atoms with van der Waals surface area (Å²) in [6, 6.07) is 74.1. The topological polar surface area (TPSA) is 3.24 Å². The summed E-state index contributed by atoms with van der Waals surface area (Å²) in [5.74, 6) is 0. The van der Waals surface area contributed by atoms with Crippen molar-refractivity contribution in [2.45, 2.75) is 38.5 Å². The van der Waals surface area contributed by atoms with E-state index < -0.39 is 0 Å². The molecule has 2 aliphatic carbocycles. The van der Waals surface area contributed by atoms with Crippen LogP contribution in [0.3, 0.4) is 0 Å². The van der Waals surface area contributed by atoms with Crippen molar-refractivity contribution in [3.8, 4) is 55.6 Å². The molecule has 0 saturated heterocycles. The summed E-state index contributed by atoms with van der Waals surface area (Å²) >= 11 is 0. The highest BCUT2D eigenvalue weighted by Crippen LogP contribution is 2.54. The Balaban J connectivity index is 1.03. The summed E-state index contributed by atoms with van der Waals surface area (Å²) in [6.07, 6.45) is 0. The van der Waals surface area contributed by atoms with Crippen molar-refractivity contribution in [1.82, 2.24) is 0 Å². The highest BCUT2D eigenvalue weighted by Gasteiger charge is 2.38. The van der Waals surface area contributed by atoms with E-state index in [9.17, 15) is 0 Å². The van der Waals surface area contributed by atoms with E-state index in [1.54, 1.807) is 0 Å². The van der Waals surface area contributed by atoms with E-state index in [0.29, 0.717) is 0 Å². The van der Waals surface area contributed by atoms with Gasteiger partial charge >= 0.3 is 0 Å². The fraction of sp³-hybridized carbons (Fsp3) is 0.103. The maximum atomic E-state index is 2.41. The van der Waals surface area contributed by atoms with Crippen LogP contribution >= 0.6 is 0 Å². The normalized spacial score (nSPS) is 14.0. The third kappa shape index (κ3) is 5.45. The minimum Gasteiger partial charge on any atom is -0.310 e. The van der Waals surface area contributed by atoms with Crippen molar-refractivity contribution < 1.29 is 0 Å². The molecule has 0 unspecified atom stereocenters. The lowest BCUT2D eigenvalue weighted by Crippen LogP contribution is -2.16. The molecule has 0 bridgehead atoms. The predicted octanol–water partition coefficient (Wildman–Crippen LogP) is 15.9. The van der Waals surface area contributed by atoms with Gasteiger partial charge in [0.1, 0.15) is 0 Å². The molecule has 0 atom stereocenters. The summed E-state index contributed by atoms with van der Waals surface area (Å²) in [7, 11) is 0. The van der Waals surface area contributed by atoms with Gasteiger partial charge in [-0.3, -0.25) is 0 Å². The molecule has 0 radical (unpaired) electrons. The molecule has 0 aliphatic heterocycles. The maximum absolute atomic E-state index is 2.41. The van der Waals surface area contributed by atoms with E-state index >= 15 is 0 Å². The summed E-state index contributed by atoms with van der Waals surface area (Å²) < 4.78 is 0. The largest absolute Gasteiger partial charge is 0.310 e. The van der Waals surface area contributed by atoms with Crippen molar-refractivity contribution in [2.24, 2.45) is 0 Å². The third-order valence-corrected chi connectivity index (χ3v) is 13.2. The number of benzene rings is 9. The van der Waals surface area contributed by atoms with Crippen LogP contribution in [-0.2, 0) is 10.8 Å². The molecule has 59 heavy (non-hydrogen) atoms. The lowest BCUT2D eigenvalue weighted by atomic mass is 9.79. The molecule has 11 rings (SSSR count). The Labute approximate surface area is 347 Å². The zero-order valence-electron chi connectivity index (χ0n) is 34.0. The average Bonchev–Trinajstić information content (AvgIpc) is 3.67. The number of nitrogens with zero attached hydrogens (tertiary/aromatic N) is 1. The lowest BCUT2D eigenvalue weighted by Gasteiger charge is -2.28. The van der Waals surface area contributed by atoms with Crippen LogP contribution in [0.2, 0.25) is 0 Å². The monoisotopic (exact) mass is 755 g/mol. The summed E-state index contributed by atoms with van der Waals surface area (Å²) in [5.41, 5.74) is 21.6. The van der Waals surface area contributed by atoms with Crippen LogP contribution in [0.15, 0.2) is 200 Å². The van der Waals surface area contributed by atoms with E-state index in [4.69, 9.17) is 0 Å². The molecule has 2 aliphatic rings. The van der Waals surface area contributed by atoms with Gasteiger partial charge in [-0.05, 0) is 125 Å². The van der Waals surface area contributed by atoms with Crippen molar-refractivity contribution in [3.05, 3.63) is 222 Å². The Kier molecular flexibility index (Phi) is 7.94. The van der Waals surface area contributed by atoms with Crippen LogP contribution in [0.1, 0.15) is 49.9 Å². The molecular weight excluding hydrogens is 711 g/mol. The average molecular weight is 756 g/mol. The van der Waals surface area contributed by atoms with Crippen LogP contribution in [0.5, 0.6) is 0 Å². The van der Waals surface area contributed by atoms with Crippen molar-refractivity contribution >= 4 is 27.8 Å². The molecule has 9 aromatic carbocycles. The number of hydrogen-bond acceptors (Lipinski definition) is 1. The summed E-state index contributed by atoms with van der Waals surface area (Å²) in [6.45, 7) is 9.47. The minimum atomic E-state index is -0.0894. The predicted molar refractivity (Wildman–Crippen MR) is 250 cm³/mol. The zero-order chi connectivity index (χ0) is 39.9. The Hall–Kier alpha value is -6.96. The first kappa shape index (κ1) is 35.2. The fourth-order valence-electron chi connectivity index (χ4n) is 10.5. The number of hydrogen-bond donors (Lipinski definition) is 0. The molecule has 0 saturated carbocycles. The highest BCUT2D eigenvalue weighted by atomic mass is 15.1. The number of rotatable bonds is 6. The van der Waals surface area contributed by atoms with Gasteiger partial charge in [0.2, 0.25) is 0 Å². The zero-order valence-corrected chi connectivity index (χ0v) is 34.0. The molecule has 1 nitrogen and oxygen atoms in total. The number of anilines is 3. The van der Waals surface area contributed by atoms with Gasteiger partial charge in [-0.15, -0.1) is 0 Å². The Morgan fingerprint density at radius 2 is 0.729 bits per heavy atom. The van der Waals surface area contributed by atoms with E-state index in [2.05, 4.69) is 233 Å². The van der Waals surface area contributed by atoms with Crippen LogP contribution < -0.4 is 4.90 Å². The van der Waals surface area contributed by atoms with Crippen LogP contribution in [0.25, 0.3) is 66.4 Å². The van der Waals surface area contributed by atoms with Gasteiger partial charge in [-0.25, -0.2) is 0 Å². The molecule has 9 aromatic rings. The van der Waals surface area contributed by atoms with Crippen molar-refractivity contribution in [1.29, 1.82) is 0 Å². The van der Waals surface area contributed by atoms with Crippen LogP contribution in [0, 0.1) is 0 Å². The lowest BCUT2D eigenvalue weighted by molar-refractivity contribution is 0.662. The Morgan fingerprint density at radius 3 is 1.31 bits per heavy atom. The van der Waals surface area contributed by atoms with Gasteiger partial charge in [0.15, 0.2) is 0 Å². The first-order valence-corrected chi connectivity index (χ1v) is 20.8. The van der Waals surface area contributed by atoms with Crippen LogP contribution in [-0.4, -0.2) is 0 Å². The van der Waals surface area contributed by atoms with E-state index in [0.717, 1.165) is 17.1 Å². The third-order valence-electron chi connectivity index (χ3n) is 13.2. The molecule has 0 N–H and O–H groups in total. The van der Waals surface area contributed by atoms with Gasteiger partial charge in [-0.2, -0.15) is 0 Å². The van der Waals surface area contributed by atoms with E-state index in [-0.39, 0.29) is 10.8 Å². The molecule has 0 amide bonds. The van der Waals surface area contributed by atoms with Crippen molar-refractivity contribution in [2.75, 3.05) is 4.90 Å². The number of fused-ring (bicyclic) bond motifs is 7. The molecule has 0 fully saturated rings. The van der Waals surface area contributed by atoms with Gasteiger partial charge in [0.25, 0.3) is 0 Å². The van der Waals surface area contributed by atoms with Gasteiger partial charge in [-0.1, -0.05) is 191 Å². The van der Waals surface area contributed by atoms with E-state index in [1.165, 1.54) is 88.7 Å². The summed E-state index contributed by atoms with van der Waals surface area (Å²) in [4.78, 5) is 2.41. The van der Waals surface area contributed by atoms with Gasteiger partial charge in [0, 0.05) is 27.9 Å². The standard InChI is InChI=1S/C58H45N/c1-57(2)53-27-9-7-20-49(53)51-25-13-23-47(55(51)57)39-29-33-42(34-30-39)59(44-18-11-17-41(37-44)46-22-12-16-38-15-5-6-19-45(38)46)43-35-31-40(32-36-43)48-24-14-26-52-50-21-8-10-28-54(50)58(3,4)56(48)52/h5-37H,1-4H3. The quantitative estimate of drug-likeness (QED) is 0.163. The molecule has 0 heterocycles. The molecular formula is C58H45N. The van der Waals surface area contributed by atoms with Gasteiger partial charge in [0.05, 0.1) is 0 Å². The molecule has 282 valence electrons. The fourth-order valence-corrected chi connectivity index (χ4v) is 10.5. The Bertz CT molecular complexity index is 2930. The van der Waals surface area contributed by atoms with Crippen LogP contribution in [0.4, 0.5) is 17.1 Å². The molecule has 0 spiro atoms. The first-order valence-electron chi connectivity index (χ1n) is 20.8. The minimum absolute atomic E-state index is 0.0894. The Morgan fingerprint density at radius 1 is 0.305 bits per heavy atom. The summed E-state index contributed by atoms with van der Waals surface area (Å²) in [5, 5.41) is 2.50. The highest BCUT2D eigenvalue weighted by molar-refractivity contribution is 5.98. The van der Waals surface area contributed by atoms with Gasteiger partial charge < -0.3 is 4.90 Å². The second-order valence-corrected chi connectivity index (χ2v) is 17.3. The second-order valence-electron chi connectivity index (χ2n) is 17.3. The molecule has 1 heteroatoms. The first-order chi connectivity index (χ1) is 28.8. The SMILES string of the molecule is CC1(C)c2ccccc2-c2cccc(-c3ccc(N(c4ccc(-c5cccc6c5C(C)(C)c5ccccc5-6)cc4)c4cccc(-c5cccc6ccccc56)c4)cc3)c21. The smallest absolute Gasteiger partial charge is 0.0467 e. The molecule has 0 aromatic heterocycles. The van der Waals surface area contributed by atoms with E-state index in [1.807, 2.05) is 0 Å². The maximum Gasteiger partial charge on any atom is 0.0467 e. The second kappa shape index (κ2) is 13.3.